The van der Waals surface area contributed by atoms with E-state index in [1.807, 2.05) is 6.92 Å². The van der Waals surface area contributed by atoms with Crippen molar-refractivity contribution in [3.63, 3.8) is 0 Å². The molecule has 144 valence electrons. The zero-order valence-electron chi connectivity index (χ0n) is 15.0. The smallest absolute Gasteiger partial charge is 0.329 e. The molecule has 0 radical (unpaired) electrons. The fourth-order valence-electron chi connectivity index (χ4n) is 2.04. The van der Waals surface area contributed by atoms with Gasteiger partial charge in [-0.2, -0.15) is 5.10 Å². The monoisotopic (exact) mass is 393 g/mol. The number of nitrogens with zero attached hydrogens (tertiary/aromatic N) is 1. The van der Waals surface area contributed by atoms with Crippen molar-refractivity contribution in [1.82, 2.24) is 10.7 Å². The van der Waals surface area contributed by atoms with Crippen LogP contribution in [-0.2, 0) is 16.1 Å². The van der Waals surface area contributed by atoms with Crippen molar-refractivity contribution in [3.8, 4) is 11.5 Å². The molecule has 0 saturated carbocycles. The highest BCUT2D eigenvalue weighted by Gasteiger charge is 2.13. The normalized spacial score (nSPS) is 10.6. The first kappa shape index (κ1) is 20.3. The number of furan rings is 1. The maximum absolute atomic E-state index is 11.7. The molecule has 2 amide bonds. The lowest BCUT2D eigenvalue weighted by Crippen LogP contribution is -2.37. The minimum Gasteiger partial charge on any atom is -0.493 e. The number of nitrogens with one attached hydrogen (secondary N) is 2. The van der Waals surface area contributed by atoms with Crippen LogP contribution < -0.4 is 20.2 Å². The Morgan fingerprint density at radius 1 is 1.33 bits per heavy atom. The summed E-state index contributed by atoms with van der Waals surface area (Å²) in [6, 6.07) is 6.64. The Kier molecular flexibility index (Phi) is 7.69. The van der Waals surface area contributed by atoms with Crippen LogP contribution in [0.2, 0.25) is 5.02 Å². The van der Waals surface area contributed by atoms with Gasteiger partial charge in [-0.25, -0.2) is 5.43 Å². The first-order chi connectivity index (χ1) is 13.0. The molecule has 1 aromatic heterocycles. The fraction of sp³-hybridized carbons (Fsp3) is 0.278. The molecule has 0 unspecified atom stereocenters. The van der Waals surface area contributed by atoms with E-state index in [0.717, 1.165) is 6.42 Å². The predicted molar refractivity (Wildman–Crippen MR) is 100 cm³/mol. The lowest BCUT2D eigenvalue weighted by molar-refractivity contribution is -0.139. The lowest BCUT2D eigenvalue weighted by atomic mass is 10.2. The van der Waals surface area contributed by atoms with Crippen molar-refractivity contribution in [2.75, 3.05) is 13.7 Å². The number of halogens is 1. The third kappa shape index (κ3) is 6.03. The number of rotatable bonds is 8. The first-order valence-corrected chi connectivity index (χ1v) is 8.56. The van der Waals surface area contributed by atoms with E-state index in [0.29, 0.717) is 34.5 Å². The molecule has 0 atom stereocenters. The molecule has 27 heavy (non-hydrogen) atoms. The van der Waals surface area contributed by atoms with Gasteiger partial charge in [0.05, 0.1) is 37.8 Å². The molecule has 0 aliphatic carbocycles. The second kappa shape index (κ2) is 10.2. The number of hydrazone groups is 1. The van der Waals surface area contributed by atoms with Crippen molar-refractivity contribution in [2.45, 2.75) is 19.9 Å². The average Bonchev–Trinajstić information content (AvgIpc) is 3.18. The zero-order valence-corrected chi connectivity index (χ0v) is 15.7. The molecular formula is C18H20ClN3O5. The Balaban J connectivity index is 1.93. The van der Waals surface area contributed by atoms with Crippen LogP contribution in [0.25, 0.3) is 0 Å². The third-order valence-electron chi connectivity index (χ3n) is 3.29. The van der Waals surface area contributed by atoms with Gasteiger partial charge in [0.1, 0.15) is 5.76 Å². The number of amides is 2. The Bertz CT molecular complexity index is 806. The van der Waals surface area contributed by atoms with Crippen molar-refractivity contribution in [1.29, 1.82) is 0 Å². The van der Waals surface area contributed by atoms with E-state index in [-0.39, 0.29) is 6.54 Å². The van der Waals surface area contributed by atoms with Crippen LogP contribution in [0.3, 0.4) is 0 Å². The molecule has 1 aromatic carbocycles. The second-order valence-electron chi connectivity index (χ2n) is 5.34. The van der Waals surface area contributed by atoms with Gasteiger partial charge in [-0.1, -0.05) is 18.5 Å². The largest absolute Gasteiger partial charge is 0.493 e. The summed E-state index contributed by atoms with van der Waals surface area (Å²) in [5, 5.41) is 6.52. The molecule has 0 bridgehead atoms. The van der Waals surface area contributed by atoms with Crippen molar-refractivity contribution in [3.05, 3.63) is 46.9 Å². The van der Waals surface area contributed by atoms with Crippen LogP contribution in [0, 0.1) is 0 Å². The number of hydrogen-bond donors (Lipinski definition) is 2. The van der Waals surface area contributed by atoms with Crippen LogP contribution >= 0.6 is 11.6 Å². The Hall–Kier alpha value is -3.00. The van der Waals surface area contributed by atoms with E-state index in [4.69, 9.17) is 25.5 Å². The van der Waals surface area contributed by atoms with Gasteiger partial charge in [0.25, 0.3) is 0 Å². The summed E-state index contributed by atoms with van der Waals surface area (Å²) in [5.74, 6) is -0.313. The number of carbonyl (C=O) groups is 2. The highest BCUT2D eigenvalue weighted by atomic mass is 35.5. The summed E-state index contributed by atoms with van der Waals surface area (Å²) in [6.07, 6.45) is 3.65. The van der Waals surface area contributed by atoms with Crippen molar-refractivity contribution >= 4 is 29.6 Å². The number of hydrogen-bond acceptors (Lipinski definition) is 6. The topological polar surface area (TPSA) is 102 Å². The molecule has 0 saturated heterocycles. The van der Waals surface area contributed by atoms with Gasteiger partial charge in [0.2, 0.25) is 0 Å². The van der Waals surface area contributed by atoms with Gasteiger partial charge < -0.3 is 19.2 Å². The van der Waals surface area contributed by atoms with E-state index in [2.05, 4.69) is 15.8 Å². The van der Waals surface area contributed by atoms with E-state index in [1.165, 1.54) is 19.6 Å². The minimum absolute atomic E-state index is 0.106. The maximum Gasteiger partial charge on any atom is 0.329 e. The molecule has 0 aliphatic rings. The summed E-state index contributed by atoms with van der Waals surface area (Å²) in [4.78, 5) is 23.4. The summed E-state index contributed by atoms with van der Waals surface area (Å²) in [7, 11) is 1.50. The van der Waals surface area contributed by atoms with Crippen LogP contribution in [0.15, 0.2) is 40.0 Å². The first-order valence-electron chi connectivity index (χ1n) is 8.19. The number of methoxy groups -OCH3 is 1. The number of benzene rings is 1. The molecular weight excluding hydrogens is 374 g/mol. The van der Waals surface area contributed by atoms with Crippen molar-refractivity contribution in [2.24, 2.45) is 5.10 Å². The number of carbonyl (C=O) groups excluding carboxylic acids is 2. The predicted octanol–water partition coefficient (Wildman–Crippen LogP) is 2.50. The molecule has 2 N–H and O–H groups in total. The Labute approximate surface area is 161 Å². The fourth-order valence-corrected chi connectivity index (χ4v) is 2.31. The van der Waals surface area contributed by atoms with Crippen LogP contribution in [0.4, 0.5) is 0 Å². The van der Waals surface area contributed by atoms with Gasteiger partial charge in [-0.05, 0) is 36.2 Å². The molecule has 0 aliphatic heterocycles. The third-order valence-corrected chi connectivity index (χ3v) is 3.57. The highest BCUT2D eigenvalue weighted by Crippen LogP contribution is 2.36. The highest BCUT2D eigenvalue weighted by molar-refractivity contribution is 6.35. The van der Waals surface area contributed by atoms with E-state index < -0.39 is 11.8 Å². The second-order valence-corrected chi connectivity index (χ2v) is 5.75. The molecule has 0 fully saturated rings. The Morgan fingerprint density at radius 3 is 2.81 bits per heavy atom. The molecule has 9 heteroatoms. The summed E-state index contributed by atoms with van der Waals surface area (Å²) < 4.78 is 15.9. The molecule has 8 nitrogen and oxygen atoms in total. The number of ether oxygens (including phenoxy) is 2. The quantitative estimate of drug-likeness (QED) is 0.407. The summed E-state index contributed by atoms with van der Waals surface area (Å²) >= 11 is 6.20. The van der Waals surface area contributed by atoms with Crippen LogP contribution in [0.5, 0.6) is 11.5 Å². The van der Waals surface area contributed by atoms with Gasteiger partial charge in [-0.3, -0.25) is 9.59 Å². The van der Waals surface area contributed by atoms with Gasteiger partial charge in [0.15, 0.2) is 11.5 Å². The van der Waals surface area contributed by atoms with E-state index in [1.54, 1.807) is 24.3 Å². The SMILES string of the molecule is CCCOc1c(Cl)cc(/C=N\NC(=O)C(=O)NCc2ccco2)cc1OC. The lowest BCUT2D eigenvalue weighted by Gasteiger charge is -2.12. The average molecular weight is 394 g/mol. The maximum atomic E-state index is 11.7. The molecule has 2 aromatic rings. The van der Waals surface area contributed by atoms with Gasteiger partial charge in [-0.15, -0.1) is 0 Å². The van der Waals surface area contributed by atoms with E-state index >= 15 is 0 Å². The standard InChI is InChI=1S/C18H20ClN3O5/c1-3-6-27-16-14(19)8-12(9-15(16)25-2)10-21-22-18(24)17(23)20-11-13-5-4-7-26-13/h4-5,7-10H,3,6,11H2,1-2H3,(H,20,23)(H,22,24)/b21-10-. The van der Waals surface area contributed by atoms with Crippen LogP contribution in [0.1, 0.15) is 24.7 Å². The summed E-state index contributed by atoms with van der Waals surface area (Å²) in [6.45, 7) is 2.59. The minimum atomic E-state index is -0.904. The van der Waals surface area contributed by atoms with Crippen LogP contribution in [-0.4, -0.2) is 31.7 Å². The molecule has 2 rings (SSSR count). The molecule has 1 heterocycles. The van der Waals surface area contributed by atoms with Gasteiger partial charge in [0, 0.05) is 0 Å². The van der Waals surface area contributed by atoms with Gasteiger partial charge >= 0.3 is 11.8 Å². The zero-order chi connectivity index (χ0) is 19.6. The van der Waals surface area contributed by atoms with E-state index in [9.17, 15) is 9.59 Å². The Morgan fingerprint density at radius 2 is 2.15 bits per heavy atom. The molecule has 0 spiro atoms. The van der Waals surface area contributed by atoms with Crippen molar-refractivity contribution < 1.29 is 23.5 Å². The summed E-state index contributed by atoms with van der Waals surface area (Å²) in [5.41, 5.74) is 2.71.